The lowest BCUT2D eigenvalue weighted by molar-refractivity contribution is 0.0615. The van der Waals surface area contributed by atoms with Gasteiger partial charge in [0.15, 0.2) is 0 Å². The fourth-order valence-electron chi connectivity index (χ4n) is 3.88. The van der Waals surface area contributed by atoms with Crippen molar-refractivity contribution in [2.75, 3.05) is 39.3 Å². The second kappa shape index (κ2) is 8.52. The van der Waals surface area contributed by atoms with Crippen LogP contribution in [0.1, 0.15) is 36.8 Å². The number of amides is 1. The Morgan fingerprint density at radius 1 is 1.00 bits per heavy atom. The van der Waals surface area contributed by atoms with E-state index in [0.717, 1.165) is 49.4 Å². The first-order chi connectivity index (χ1) is 14.4. The van der Waals surface area contributed by atoms with Crippen LogP contribution in [0.3, 0.4) is 0 Å². The molecule has 1 saturated heterocycles. The van der Waals surface area contributed by atoms with Gasteiger partial charge in [-0.2, -0.15) is 0 Å². The van der Waals surface area contributed by atoms with Crippen molar-refractivity contribution in [2.24, 2.45) is 0 Å². The van der Waals surface area contributed by atoms with Crippen molar-refractivity contribution in [3.05, 3.63) is 65.9 Å². The van der Waals surface area contributed by atoms with E-state index in [4.69, 9.17) is 4.74 Å². The molecule has 4 rings (SSSR count). The number of nitrogens with zero attached hydrogens (tertiary/aromatic N) is 2. The molecule has 0 aliphatic carbocycles. The molecule has 2 heterocycles. The van der Waals surface area contributed by atoms with Crippen molar-refractivity contribution in [2.45, 2.75) is 26.2 Å². The number of aromatic nitrogens is 1. The molecule has 0 saturated carbocycles. The van der Waals surface area contributed by atoms with E-state index in [1.54, 1.807) is 0 Å². The molecule has 5 heteroatoms. The van der Waals surface area contributed by atoms with E-state index in [1.807, 2.05) is 35.2 Å². The maximum absolute atomic E-state index is 12.8. The highest BCUT2D eigenvalue weighted by molar-refractivity contribution is 5.98. The molecular formula is C25H31N3O2. The molecule has 1 aliphatic rings. The molecule has 1 amide bonds. The lowest BCUT2D eigenvalue weighted by Gasteiger charge is -2.34. The normalized spacial score (nSPS) is 15.5. The van der Waals surface area contributed by atoms with Gasteiger partial charge in [0, 0.05) is 43.6 Å². The van der Waals surface area contributed by atoms with Gasteiger partial charge in [-0.1, -0.05) is 51.1 Å². The van der Waals surface area contributed by atoms with E-state index < -0.39 is 0 Å². The van der Waals surface area contributed by atoms with Crippen molar-refractivity contribution in [3.63, 3.8) is 0 Å². The summed E-state index contributed by atoms with van der Waals surface area (Å²) < 4.78 is 5.93. The highest BCUT2D eigenvalue weighted by atomic mass is 16.5. The molecule has 1 aromatic heterocycles. The van der Waals surface area contributed by atoms with Gasteiger partial charge in [0.2, 0.25) is 0 Å². The number of para-hydroxylation sites is 1. The highest BCUT2D eigenvalue weighted by Crippen LogP contribution is 2.24. The number of carbonyl (C=O) groups is 1. The minimum atomic E-state index is 0.0843. The molecule has 1 aliphatic heterocycles. The van der Waals surface area contributed by atoms with E-state index in [2.05, 4.69) is 54.9 Å². The number of H-pyrrole nitrogens is 1. The molecule has 3 aromatic rings. The number of rotatable bonds is 5. The van der Waals surface area contributed by atoms with Crippen LogP contribution < -0.4 is 4.74 Å². The number of ether oxygens (including phenoxy) is 1. The van der Waals surface area contributed by atoms with Gasteiger partial charge in [-0.05, 0) is 35.2 Å². The summed E-state index contributed by atoms with van der Waals surface area (Å²) in [7, 11) is 0. The zero-order valence-corrected chi connectivity index (χ0v) is 18.1. The first-order valence-electron chi connectivity index (χ1n) is 10.7. The molecule has 0 spiro atoms. The highest BCUT2D eigenvalue weighted by Gasteiger charge is 2.23. The molecule has 0 unspecified atom stereocenters. The Balaban J connectivity index is 1.23. The number of carbonyl (C=O) groups excluding carboxylic acids is 1. The maximum Gasteiger partial charge on any atom is 0.270 e. The molecule has 158 valence electrons. The van der Waals surface area contributed by atoms with Crippen molar-refractivity contribution in [1.82, 2.24) is 14.8 Å². The van der Waals surface area contributed by atoms with Crippen LogP contribution in [0, 0.1) is 0 Å². The van der Waals surface area contributed by atoms with Crippen LogP contribution >= 0.6 is 0 Å². The topological polar surface area (TPSA) is 48.6 Å². The average Bonchev–Trinajstić information content (AvgIpc) is 3.18. The van der Waals surface area contributed by atoms with Gasteiger partial charge in [-0.25, -0.2) is 0 Å². The predicted octanol–water partition coefficient (Wildman–Crippen LogP) is 4.30. The lowest BCUT2D eigenvalue weighted by Crippen LogP contribution is -2.49. The molecule has 1 N–H and O–H groups in total. The van der Waals surface area contributed by atoms with E-state index >= 15 is 0 Å². The third-order valence-electron chi connectivity index (χ3n) is 5.82. The van der Waals surface area contributed by atoms with Crippen LogP contribution in [-0.2, 0) is 5.41 Å². The van der Waals surface area contributed by atoms with Crippen molar-refractivity contribution >= 4 is 16.8 Å². The fraction of sp³-hybridized carbons (Fsp3) is 0.400. The van der Waals surface area contributed by atoms with Gasteiger partial charge in [0.25, 0.3) is 5.91 Å². The average molecular weight is 406 g/mol. The first kappa shape index (κ1) is 20.5. The smallest absolute Gasteiger partial charge is 0.270 e. The van der Waals surface area contributed by atoms with Crippen LogP contribution in [0.15, 0.2) is 54.6 Å². The Labute approximate surface area is 178 Å². The number of hydrogen-bond donors (Lipinski definition) is 1. The van der Waals surface area contributed by atoms with Crippen molar-refractivity contribution in [1.29, 1.82) is 0 Å². The largest absolute Gasteiger partial charge is 0.492 e. The van der Waals surface area contributed by atoms with E-state index in [1.165, 1.54) is 5.56 Å². The number of benzene rings is 2. The summed E-state index contributed by atoms with van der Waals surface area (Å²) in [4.78, 5) is 20.4. The molecule has 0 radical (unpaired) electrons. The van der Waals surface area contributed by atoms with Crippen LogP contribution in [0.2, 0.25) is 0 Å². The SMILES string of the molecule is CC(C)(C)c1ccc(OCCN2CCN(C(=O)c3cc4ccccc4[nH]3)CC2)cc1. The molecular weight excluding hydrogens is 374 g/mol. The summed E-state index contributed by atoms with van der Waals surface area (Å²) in [6.07, 6.45) is 0. The first-order valence-corrected chi connectivity index (χ1v) is 10.7. The molecule has 30 heavy (non-hydrogen) atoms. The Morgan fingerprint density at radius 3 is 2.37 bits per heavy atom. The van der Waals surface area contributed by atoms with Crippen LogP contribution in [0.4, 0.5) is 0 Å². The summed E-state index contributed by atoms with van der Waals surface area (Å²) in [5.74, 6) is 0.997. The predicted molar refractivity (Wildman–Crippen MR) is 121 cm³/mol. The van der Waals surface area contributed by atoms with E-state index in [-0.39, 0.29) is 11.3 Å². The second-order valence-corrected chi connectivity index (χ2v) is 9.03. The summed E-state index contributed by atoms with van der Waals surface area (Å²) in [5, 5.41) is 1.08. The zero-order valence-electron chi connectivity index (χ0n) is 18.1. The minimum Gasteiger partial charge on any atom is -0.492 e. The summed E-state index contributed by atoms with van der Waals surface area (Å²) in [5.41, 5.74) is 3.15. The zero-order chi connectivity index (χ0) is 21.1. The molecule has 0 atom stereocenters. The van der Waals surface area contributed by atoms with Gasteiger partial charge in [0.1, 0.15) is 18.1 Å². The molecule has 0 bridgehead atoms. The maximum atomic E-state index is 12.8. The van der Waals surface area contributed by atoms with Gasteiger partial charge >= 0.3 is 0 Å². The van der Waals surface area contributed by atoms with Gasteiger partial charge < -0.3 is 14.6 Å². The van der Waals surface area contributed by atoms with E-state index in [0.29, 0.717) is 12.3 Å². The Bertz CT molecular complexity index is 960. The summed E-state index contributed by atoms with van der Waals surface area (Å²) in [6.45, 7) is 11.4. The van der Waals surface area contributed by atoms with Crippen molar-refractivity contribution < 1.29 is 9.53 Å². The van der Waals surface area contributed by atoms with Gasteiger partial charge in [-0.15, -0.1) is 0 Å². The minimum absolute atomic E-state index is 0.0843. The van der Waals surface area contributed by atoms with Crippen LogP contribution in [0.5, 0.6) is 5.75 Å². The second-order valence-electron chi connectivity index (χ2n) is 9.03. The number of hydrogen-bond acceptors (Lipinski definition) is 3. The van der Waals surface area contributed by atoms with Gasteiger partial charge in [0.05, 0.1) is 0 Å². The van der Waals surface area contributed by atoms with E-state index in [9.17, 15) is 4.79 Å². The van der Waals surface area contributed by atoms with Crippen molar-refractivity contribution in [3.8, 4) is 5.75 Å². The molecule has 5 nitrogen and oxygen atoms in total. The Kier molecular flexibility index (Phi) is 5.82. The molecule has 1 fully saturated rings. The van der Waals surface area contributed by atoms with Crippen LogP contribution in [0.25, 0.3) is 10.9 Å². The quantitative estimate of drug-likeness (QED) is 0.688. The van der Waals surface area contributed by atoms with Crippen LogP contribution in [-0.4, -0.2) is 60.0 Å². The lowest BCUT2D eigenvalue weighted by atomic mass is 9.87. The molecule has 2 aromatic carbocycles. The van der Waals surface area contributed by atoms with Gasteiger partial charge in [-0.3, -0.25) is 9.69 Å². The Morgan fingerprint density at radius 2 is 1.70 bits per heavy atom. The number of nitrogens with one attached hydrogen (secondary N) is 1. The summed E-state index contributed by atoms with van der Waals surface area (Å²) >= 11 is 0. The third kappa shape index (κ3) is 4.68. The third-order valence-corrected chi connectivity index (χ3v) is 5.82. The monoisotopic (exact) mass is 405 g/mol. The number of aromatic amines is 1. The number of fused-ring (bicyclic) bond motifs is 1. The fourth-order valence-corrected chi connectivity index (χ4v) is 3.88. The standard InChI is InChI=1S/C25H31N3O2/c1-25(2,3)20-8-10-21(11-9-20)30-17-16-27-12-14-28(15-13-27)24(29)23-18-19-6-4-5-7-22(19)26-23/h4-11,18,26H,12-17H2,1-3H3. The Hall–Kier alpha value is -2.79. The summed E-state index contributed by atoms with van der Waals surface area (Å²) in [6, 6.07) is 18.3. The number of piperazine rings is 1.